The smallest absolute Gasteiger partial charge is 0.412 e. The number of methoxy groups -OCH3 is 1. The van der Waals surface area contributed by atoms with E-state index in [0.29, 0.717) is 22.7 Å². The first kappa shape index (κ1) is 18.3. The summed E-state index contributed by atoms with van der Waals surface area (Å²) in [6.07, 6.45) is 0.693. The number of nitrogens with one attached hydrogen (secondary N) is 1. The molecule has 8 nitrogen and oxygen atoms in total. The van der Waals surface area contributed by atoms with Gasteiger partial charge in [0.2, 0.25) is 0 Å². The van der Waals surface area contributed by atoms with Gasteiger partial charge in [0.05, 0.1) is 19.0 Å². The van der Waals surface area contributed by atoms with Gasteiger partial charge in [-0.15, -0.1) is 0 Å². The third-order valence-electron chi connectivity index (χ3n) is 3.27. The minimum absolute atomic E-state index is 0.0636. The molecule has 0 unspecified atom stereocenters. The lowest BCUT2D eigenvalue weighted by atomic mass is 10.1. The highest BCUT2D eigenvalue weighted by molar-refractivity contribution is 5.96. The summed E-state index contributed by atoms with van der Waals surface area (Å²) >= 11 is 0. The Labute approximate surface area is 145 Å². The Hall–Kier alpha value is -3.03. The van der Waals surface area contributed by atoms with Gasteiger partial charge in [0.1, 0.15) is 16.9 Å². The lowest BCUT2D eigenvalue weighted by molar-refractivity contribution is 0.0634. The Morgan fingerprint density at radius 2 is 1.96 bits per heavy atom. The fourth-order valence-corrected chi connectivity index (χ4v) is 2.30. The summed E-state index contributed by atoms with van der Waals surface area (Å²) in [6, 6.07) is 4.90. The van der Waals surface area contributed by atoms with Gasteiger partial charge in [-0.1, -0.05) is 0 Å². The van der Waals surface area contributed by atoms with Crippen LogP contribution in [0.15, 0.2) is 24.4 Å². The van der Waals surface area contributed by atoms with E-state index in [9.17, 15) is 14.7 Å². The summed E-state index contributed by atoms with van der Waals surface area (Å²) in [4.78, 5) is 23.3. The molecule has 0 saturated heterocycles. The van der Waals surface area contributed by atoms with Gasteiger partial charge in [0.25, 0.3) is 0 Å². The fourth-order valence-electron chi connectivity index (χ4n) is 2.30. The molecular weight excluding hydrogens is 326 g/mol. The van der Waals surface area contributed by atoms with Crippen molar-refractivity contribution in [2.24, 2.45) is 7.05 Å². The van der Waals surface area contributed by atoms with Gasteiger partial charge in [-0.25, -0.2) is 9.59 Å². The van der Waals surface area contributed by atoms with Crippen LogP contribution in [0.2, 0.25) is 0 Å². The first-order chi connectivity index (χ1) is 11.6. The van der Waals surface area contributed by atoms with Crippen molar-refractivity contribution in [3.63, 3.8) is 0 Å². The van der Waals surface area contributed by atoms with Gasteiger partial charge >= 0.3 is 12.1 Å². The summed E-state index contributed by atoms with van der Waals surface area (Å²) in [7, 11) is 3.11. The van der Waals surface area contributed by atoms with E-state index in [-0.39, 0.29) is 5.56 Å². The van der Waals surface area contributed by atoms with Crippen LogP contribution in [0.25, 0.3) is 11.3 Å². The minimum atomic E-state index is -1.08. The molecule has 134 valence electrons. The van der Waals surface area contributed by atoms with Gasteiger partial charge in [0.15, 0.2) is 0 Å². The maximum atomic E-state index is 11.9. The van der Waals surface area contributed by atoms with Crippen LogP contribution in [0.4, 0.5) is 10.5 Å². The summed E-state index contributed by atoms with van der Waals surface area (Å²) in [5, 5.41) is 15.9. The molecule has 0 aliphatic carbocycles. The van der Waals surface area contributed by atoms with E-state index in [4.69, 9.17) is 9.47 Å². The number of carboxylic acid groups (broad SMARTS) is 1. The number of benzene rings is 1. The summed E-state index contributed by atoms with van der Waals surface area (Å²) in [5.74, 6) is -0.680. The van der Waals surface area contributed by atoms with Crippen LogP contribution in [0, 0.1) is 0 Å². The zero-order chi connectivity index (χ0) is 18.8. The molecule has 1 aromatic heterocycles. The number of amides is 1. The number of carbonyl (C=O) groups excluding carboxylic acids is 1. The van der Waals surface area contributed by atoms with Gasteiger partial charge in [-0.3, -0.25) is 10.00 Å². The molecule has 0 aliphatic heterocycles. The molecule has 2 aromatic rings. The average molecular weight is 347 g/mol. The number of aryl methyl sites for hydroxylation is 1. The van der Waals surface area contributed by atoms with E-state index in [0.717, 1.165) is 0 Å². The molecule has 0 spiro atoms. The number of aromatic nitrogens is 2. The fraction of sp³-hybridized carbons (Fsp3) is 0.353. The predicted molar refractivity (Wildman–Crippen MR) is 92.0 cm³/mol. The topological polar surface area (TPSA) is 103 Å². The lowest BCUT2D eigenvalue weighted by Crippen LogP contribution is -2.27. The highest BCUT2D eigenvalue weighted by atomic mass is 16.6. The second kappa shape index (κ2) is 6.84. The normalized spacial score (nSPS) is 11.1. The molecule has 0 aliphatic rings. The number of rotatable bonds is 4. The molecule has 1 heterocycles. The van der Waals surface area contributed by atoms with E-state index >= 15 is 0 Å². The zero-order valence-electron chi connectivity index (χ0n) is 14.8. The van der Waals surface area contributed by atoms with Crippen molar-refractivity contribution in [2.75, 3.05) is 12.4 Å². The Morgan fingerprint density at radius 3 is 2.52 bits per heavy atom. The monoisotopic (exact) mass is 347 g/mol. The largest absolute Gasteiger partial charge is 0.496 e. The third-order valence-corrected chi connectivity index (χ3v) is 3.27. The van der Waals surface area contributed by atoms with Gasteiger partial charge in [-0.2, -0.15) is 5.10 Å². The van der Waals surface area contributed by atoms with Gasteiger partial charge < -0.3 is 14.6 Å². The van der Waals surface area contributed by atoms with Crippen molar-refractivity contribution in [2.45, 2.75) is 26.4 Å². The number of hydrogen-bond acceptors (Lipinski definition) is 5. The number of aromatic carboxylic acids is 1. The van der Waals surface area contributed by atoms with Crippen LogP contribution >= 0.6 is 0 Å². The first-order valence-corrected chi connectivity index (χ1v) is 7.56. The van der Waals surface area contributed by atoms with E-state index < -0.39 is 17.7 Å². The molecule has 0 saturated carbocycles. The van der Waals surface area contributed by atoms with Gasteiger partial charge in [-0.05, 0) is 32.9 Å². The molecule has 0 radical (unpaired) electrons. The Kier molecular flexibility index (Phi) is 5.01. The number of anilines is 1. The molecule has 0 fully saturated rings. The maximum Gasteiger partial charge on any atom is 0.412 e. The Balaban J connectivity index is 2.37. The van der Waals surface area contributed by atoms with Crippen molar-refractivity contribution in [3.8, 4) is 17.0 Å². The molecule has 8 heteroatoms. The van der Waals surface area contributed by atoms with Crippen molar-refractivity contribution < 1.29 is 24.2 Å². The predicted octanol–water partition coefficient (Wildman–Crippen LogP) is 3.14. The number of carbonyl (C=O) groups is 2. The van der Waals surface area contributed by atoms with E-state index in [1.807, 2.05) is 0 Å². The van der Waals surface area contributed by atoms with Crippen molar-refractivity contribution >= 4 is 17.7 Å². The third kappa shape index (κ3) is 4.28. The number of carboxylic acids is 1. The van der Waals surface area contributed by atoms with Gasteiger partial charge in [0, 0.05) is 24.4 Å². The number of hydrogen-bond donors (Lipinski definition) is 2. The van der Waals surface area contributed by atoms with Crippen LogP contribution in [0.1, 0.15) is 31.1 Å². The van der Waals surface area contributed by atoms with E-state index in [2.05, 4.69) is 10.4 Å². The minimum Gasteiger partial charge on any atom is -0.496 e. The van der Waals surface area contributed by atoms with Crippen molar-refractivity contribution in [3.05, 3.63) is 30.0 Å². The molecule has 2 rings (SSSR count). The average Bonchev–Trinajstić information content (AvgIpc) is 2.87. The Bertz CT molecular complexity index is 805. The van der Waals surface area contributed by atoms with Crippen molar-refractivity contribution in [1.29, 1.82) is 0 Å². The standard InChI is InChI=1S/C17H21N3O5/c1-17(2,3)25-16(23)19-10-6-7-11(13(8-10)24-5)14-12(15(21)22)9-18-20(14)4/h6-9H,1-5H3,(H,19,23)(H,21,22). The molecule has 25 heavy (non-hydrogen) atoms. The lowest BCUT2D eigenvalue weighted by Gasteiger charge is -2.20. The van der Waals surface area contributed by atoms with Crippen LogP contribution in [-0.4, -0.2) is 39.7 Å². The molecule has 0 atom stereocenters. The molecule has 2 N–H and O–H groups in total. The SMILES string of the molecule is COc1cc(NC(=O)OC(C)(C)C)ccc1-c1c(C(=O)O)cnn1C. The Morgan fingerprint density at radius 1 is 1.28 bits per heavy atom. The molecule has 1 amide bonds. The van der Waals surface area contributed by atoms with Crippen LogP contribution in [0.5, 0.6) is 5.75 Å². The molecular formula is C17H21N3O5. The van der Waals surface area contributed by atoms with Crippen LogP contribution in [-0.2, 0) is 11.8 Å². The second-order valence-electron chi connectivity index (χ2n) is 6.38. The highest BCUT2D eigenvalue weighted by Crippen LogP contribution is 2.34. The first-order valence-electron chi connectivity index (χ1n) is 7.56. The van der Waals surface area contributed by atoms with Crippen LogP contribution in [0.3, 0.4) is 0 Å². The summed E-state index contributed by atoms with van der Waals surface area (Å²) in [5.41, 5.74) is 0.879. The zero-order valence-corrected chi connectivity index (χ0v) is 14.8. The quantitative estimate of drug-likeness (QED) is 0.881. The summed E-state index contributed by atoms with van der Waals surface area (Å²) in [6.45, 7) is 5.31. The maximum absolute atomic E-state index is 11.9. The highest BCUT2D eigenvalue weighted by Gasteiger charge is 2.21. The van der Waals surface area contributed by atoms with E-state index in [1.54, 1.807) is 46.0 Å². The summed E-state index contributed by atoms with van der Waals surface area (Å²) < 4.78 is 12.0. The van der Waals surface area contributed by atoms with E-state index in [1.165, 1.54) is 18.0 Å². The van der Waals surface area contributed by atoms with Crippen molar-refractivity contribution in [1.82, 2.24) is 9.78 Å². The van der Waals surface area contributed by atoms with Crippen LogP contribution < -0.4 is 10.1 Å². The second-order valence-corrected chi connectivity index (χ2v) is 6.38. The number of ether oxygens (including phenoxy) is 2. The molecule has 1 aromatic carbocycles. The number of nitrogens with zero attached hydrogens (tertiary/aromatic N) is 2. The molecule has 0 bridgehead atoms.